The lowest BCUT2D eigenvalue weighted by molar-refractivity contribution is -0.148. The van der Waals surface area contributed by atoms with Crippen molar-refractivity contribution in [3.8, 4) is 11.1 Å². The summed E-state index contributed by atoms with van der Waals surface area (Å²) in [5, 5.41) is 11.7. The van der Waals surface area contributed by atoms with Gasteiger partial charge in [-0.15, -0.1) is 0 Å². The number of aliphatic carboxylic acids is 1. The lowest BCUT2D eigenvalue weighted by atomic mass is 9.87. The molecule has 0 unspecified atom stereocenters. The standard InChI is InChI=1S/C25H30N2O5/c1-4-27(15-22(28)29)23(30)25(2,3)13-14-26-24(31)32-16-21-19-11-7-5-9-17(19)18-10-6-8-12-20(18)21/h5-12,21H,4,13-16H2,1-3H3,(H,26,31)(H,28,29). The average molecular weight is 439 g/mol. The third kappa shape index (κ3) is 5.10. The number of carboxylic acids is 1. The molecule has 0 fully saturated rings. The average Bonchev–Trinajstić information content (AvgIpc) is 3.09. The first-order valence-electron chi connectivity index (χ1n) is 10.8. The highest BCUT2D eigenvalue weighted by Gasteiger charge is 2.32. The summed E-state index contributed by atoms with van der Waals surface area (Å²) in [6.45, 7) is 5.70. The number of carboxylic acid groups (broad SMARTS) is 1. The number of nitrogens with zero attached hydrogens (tertiary/aromatic N) is 1. The van der Waals surface area contributed by atoms with Crippen LogP contribution in [0.15, 0.2) is 48.5 Å². The monoisotopic (exact) mass is 438 g/mol. The molecule has 0 aliphatic heterocycles. The molecule has 2 N–H and O–H groups in total. The molecule has 2 amide bonds. The first kappa shape index (κ1) is 23.3. The number of alkyl carbamates (subject to hydrolysis) is 1. The van der Waals surface area contributed by atoms with Crippen LogP contribution in [0.2, 0.25) is 0 Å². The molecular formula is C25H30N2O5. The van der Waals surface area contributed by atoms with Gasteiger partial charge in [0.05, 0.1) is 0 Å². The van der Waals surface area contributed by atoms with Gasteiger partial charge in [-0.2, -0.15) is 0 Å². The topological polar surface area (TPSA) is 95.9 Å². The number of fused-ring (bicyclic) bond motifs is 3. The van der Waals surface area contributed by atoms with Gasteiger partial charge in [0, 0.05) is 24.4 Å². The summed E-state index contributed by atoms with van der Waals surface area (Å²) in [5.74, 6) is -1.32. The SMILES string of the molecule is CCN(CC(=O)O)C(=O)C(C)(C)CCNC(=O)OCC1c2ccccc2-c2ccccc21. The number of carbonyl (C=O) groups is 3. The van der Waals surface area contributed by atoms with E-state index >= 15 is 0 Å². The second-order valence-electron chi connectivity index (χ2n) is 8.60. The first-order chi connectivity index (χ1) is 15.2. The van der Waals surface area contributed by atoms with E-state index in [4.69, 9.17) is 9.84 Å². The fourth-order valence-electron chi connectivity index (χ4n) is 4.15. The van der Waals surface area contributed by atoms with E-state index in [1.54, 1.807) is 20.8 Å². The first-order valence-corrected chi connectivity index (χ1v) is 10.8. The molecule has 0 heterocycles. The number of hydrogen-bond donors (Lipinski definition) is 2. The number of rotatable bonds is 9. The van der Waals surface area contributed by atoms with Crippen LogP contribution >= 0.6 is 0 Å². The largest absolute Gasteiger partial charge is 0.480 e. The maximum Gasteiger partial charge on any atom is 0.407 e. The Morgan fingerprint density at radius 2 is 1.59 bits per heavy atom. The number of nitrogens with one attached hydrogen (secondary N) is 1. The summed E-state index contributed by atoms with van der Waals surface area (Å²) < 4.78 is 5.51. The van der Waals surface area contributed by atoms with Gasteiger partial charge in [0.2, 0.25) is 5.91 Å². The molecule has 2 aromatic carbocycles. The number of amides is 2. The van der Waals surface area contributed by atoms with Gasteiger partial charge in [-0.05, 0) is 35.6 Å². The van der Waals surface area contributed by atoms with Crippen molar-refractivity contribution in [1.29, 1.82) is 0 Å². The predicted molar refractivity (Wildman–Crippen MR) is 121 cm³/mol. The van der Waals surface area contributed by atoms with Crippen molar-refractivity contribution in [2.45, 2.75) is 33.1 Å². The minimum Gasteiger partial charge on any atom is -0.480 e. The Hall–Kier alpha value is -3.35. The highest BCUT2D eigenvalue weighted by molar-refractivity contribution is 5.85. The third-order valence-corrected chi connectivity index (χ3v) is 5.94. The third-order valence-electron chi connectivity index (χ3n) is 5.94. The molecule has 0 saturated carbocycles. The van der Waals surface area contributed by atoms with Gasteiger partial charge < -0.3 is 20.1 Å². The van der Waals surface area contributed by atoms with Crippen LogP contribution in [-0.2, 0) is 14.3 Å². The maximum atomic E-state index is 12.7. The number of ether oxygens (including phenoxy) is 1. The summed E-state index contributed by atoms with van der Waals surface area (Å²) >= 11 is 0. The molecule has 7 nitrogen and oxygen atoms in total. The molecule has 0 radical (unpaired) electrons. The Morgan fingerprint density at radius 3 is 2.12 bits per heavy atom. The number of likely N-dealkylation sites (N-methyl/N-ethyl adjacent to an activating group) is 1. The Kier molecular flexibility index (Phi) is 7.18. The van der Waals surface area contributed by atoms with E-state index in [0.717, 1.165) is 11.1 Å². The lowest BCUT2D eigenvalue weighted by Crippen LogP contribution is -2.44. The van der Waals surface area contributed by atoms with Crippen LogP contribution in [0.3, 0.4) is 0 Å². The molecule has 0 bridgehead atoms. The van der Waals surface area contributed by atoms with Gasteiger partial charge >= 0.3 is 12.1 Å². The molecule has 0 aromatic heterocycles. The molecule has 1 aliphatic carbocycles. The smallest absolute Gasteiger partial charge is 0.407 e. The van der Waals surface area contributed by atoms with Crippen molar-refractivity contribution in [2.24, 2.45) is 5.41 Å². The van der Waals surface area contributed by atoms with Crippen LogP contribution < -0.4 is 5.32 Å². The quantitative estimate of drug-likeness (QED) is 0.620. The Morgan fingerprint density at radius 1 is 1.03 bits per heavy atom. The fraction of sp³-hybridized carbons (Fsp3) is 0.400. The molecule has 0 atom stereocenters. The molecule has 1 aliphatic rings. The molecule has 3 rings (SSSR count). The van der Waals surface area contributed by atoms with Gasteiger partial charge in [0.15, 0.2) is 0 Å². The van der Waals surface area contributed by atoms with E-state index in [-0.39, 0.29) is 31.5 Å². The summed E-state index contributed by atoms with van der Waals surface area (Å²) in [6, 6.07) is 16.3. The van der Waals surface area contributed by atoms with E-state index < -0.39 is 17.5 Å². The van der Waals surface area contributed by atoms with E-state index in [1.807, 2.05) is 24.3 Å². The van der Waals surface area contributed by atoms with Gasteiger partial charge in [0.1, 0.15) is 13.2 Å². The van der Waals surface area contributed by atoms with Crippen molar-refractivity contribution in [1.82, 2.24) is 10.2 Å². The summed E-state index contributed by atoms with van der Waals surface area (Å²) in [7, 11) is 0. The normalized spacial score (nSPS) is 12.6. The zero-order chi connectivity index (χ0) is 23.3. The second kappa shape index (κ2) is 9.85. The van der Waals surface area contributed by atoms with E-state index in [0.29, 0.717) is 13.0 Å². The van der Waals surface area contributed by atoms with Crippen molar-refractivity contribution in [3.63, 3.8) is 0 Å². The molecule has 0 saturated heterocycles. The lowest BCUT2D eigenvalue weighted by Gasteiger charge is -2.30. The Labute approximate surface area is 188 Å². The number of benzene rings is 2. The minimum atomic E-state index is -1.05. The highest BCUT2D eigenvalue weighted by atomic mass is 16.5. The molecular weight excluding hydrogens is 408 g/mol. The van der Waals surface area contributed by atoms with E-state index in [1.165, 1.54) is 16.0 Å². The summed E-state index contributed by atoms with van der Waals surface area (Å²) in [4.78, 5) is 37.2. The van der Waals surface area contributed by atoms with Crippen molar-refractivity contribution < 1.29 is 24.2 Å². The van der Waals surface area contributed by atoms with Gasteiger partial charge in [-0.3, -0.25) is 9.59 Å². The maximum absolute atomic E-state index is 12.7. The van der Waals surface area contributed by atoms with Gasteiger partial charge in [-0.1, -0.05) is 62.4 Å². The highest BCUT2D eigenvalue weighted by Crippen LogP contribution is 2.44. The van der Waals surface area contributed by atoms with Crippen LogP contribution in [0.4, 0.5) is 4.79 Å². The molecule has 0 spiro atoms. The molecule has 32 heavy (non-hydrogen) atoms. The van der Waals surface area contributed by atoms with Crippen molar-refractivity contribution >= 4 is 18.0 Å². The van der Waals surface area contributed by atoms with E-state index in [2.05, 4.69) is 29.6 Å². The van der Waals surface area contributed by atoms with Crippen LogP contribution in [0, 0.1) is 5.41 Å². The van der Waals surface area contributed by atoms with Crippen LogP contribution in [-0.4, -0.2) is 54.2 Å². The van der Waals surface area contributed by atoms with Crippen LogP contribution in [0.5, 0.6) is 0 Å². The van der Waals surface area contributed by atoms with Crippen molar-refractivity contribution in [3.05, 3.63) is 59.7 Å². The number of carbonyl (C=O) groups excluding carboxylic acids is 2. The zero-order valence-corrected chi connectivity index (χ0v) is 18.8. The zero-order valence-electron chi connectivity index (χ0n) is 18.8. The fourth-order valence-corrected chi connectivity index (χ4v) is 4.15. The van der Waals surface area contributed by atoms with Gasteiger partial charge in [0.25, 0.3) is 0 Å². The van der Waals surface area contributed by atoms with Crippen LogP contribution in [0.1, 0.15) is 44.2 Å². The van der Waals surface area contributed by atoms with Crippen molar-refractivity contribution in [2.75, 3.05) is 26.2 Å². The minimum absolute atomic E-state index is 0.0136. The Balaban J connectivity index is 1.53. The Bertz CT molecular complexity index is 956. The summed E-state index contributed by atoms with van der Waals surface area (Å²) in [5.41, 5.74) is 3.82. The van der Waals surface area contributed by atoms with Crippen LogP contribution in [0.25, 0.3) is 11.1 Å². The summed E-state index contributed by atoms with van der Waals surface area (Å²) in [6.07, 6.45) is -0.167. The molecule has 170 valence electrons. The predicted octanol–water partition coefficient (Wildman–Crippen LogP) is 3.87. The molecule has 7 heteroatoms. The molecule has 2 aromatic rings. The second-order valence-corrected chi connectivity index (χ2v) is 8.60. The number of hydrogen-bond acceptors (Lipinski definition) is 4. The van der Waals surface area contributed by atoms with E-state index in [9.17, 15) is 14.4 Å². The van der Waals surface area contributed by atoms with Gasteiger partial charge in [-0.25, -0.2) is 4.79 Å².